The van der Waals surface area contributed by atoms with Crippen molar-refractivity contribution in [2.75, 3.05) is 25.0 Å². The number of carbonyl (C=O) groups is 2. The van der Waals surface area contributed by atoms with Crippen LogP contribution < -0.4 is 10.6 Å². The first kappa shape index (κ1) is 17.7. The third-order valence-corrected chi connectivity index (χ3v) is 3.90. The molecule has 1 saturated heterocycles. The Balaban J connectivity index is 1.67. The topological polar surface area (TPSA) is 105 Å². The van der Waals surface area contributed by atoms with Crippen LogP contribution in [0.25, 0.3) is 0 Å². The van der Waals surface area contributed by atoms with Crippen molar-refractivity contribution in [1.29, 1.82) is 0 Å². The number of anilines is 1. The van der Waals surface area contributed by atoms with Gasteiger partial charge in [0.05, 0.1) is 4.92 Å². The van der Waals surface area contributed by atoms with Gasteiger partial charge in [0, 0.05) is 43.9 Å². The minimum absolute atomic E-state index is 0.0249. The lowest BCUT2D eigenvalue weighted by Gasteiger charge is -2.20. The first-order chi connectivity index (χ1) is 11.6. The van der Waals surface area contributed by atoms with Crippen LogP contribution in [-0.2, 0) is 4.79 Å². The van der Waals surface area contributed by atoms with E-state index in [1.165, 1.54) is 24.3 Å². The predicted octanol–water partition coefficient (Wildman–Crippen LogP) is 2.51. The van der Waals surface area contributed by atoms with E-state index < -0.39 is 4.92 Å². The highest BCUT2D eigenvalue weighted by molar-refractivity contribution is 5.89. The molecule has 0 aliphatic carbocycles. The van der Waals surface area contributed by atoms with Gasteiger partial charge in [-0.1, -0.05) is 6.42 Å². The molecule has 8 nitrogen and oxygen atoms in total. The Morgan fingerprint density at radius 2 is 1.96 bits per heavy atom. The van der Waals surface area contributed by atoms with Crippen molar-refractivity contribution in [2.24, 2.45) is 0 Å². The third kappa shape index (κ3) is 5.53. The summed E-state index contributed by atoms with van der Waals surface area (Å²) in [5.41, 5.74) is 0.462. The summed E-state index contributed by atoms with van der Waals surface area (Å²) >= 11 is 0. The van der Waals surface area contributed by atoms with Crippen molar-refractivity contribution in [3.63, 3.8) is 0 Å². The molecule has 2 rings (SSSR count). The van der Waals surface area contributed by atoms with Gasteiger partial charge in [0.1, 0.15) is 0 Å². The van der Waals surface area contributed by atoms with E-state index in [2.05, 4.69) is 10.6 Å². The van der Waals surface area contributed by atoms with Gasteiger partial charge in [0.15, 0.2) is 0 Å². The minimum atomic E-state index is -0.492. The van der Waals surface area contributed by atoms with Gasteiger partial charge in [-0.2, -0.15) is 0 Å². The first-order valence-corrected chi connectivity index (χ1v) is 8.13. The van der Waals surface area contributed by atoms with Crippen LogP contribution in [0.4, 0.5) is 16.2 Å². The molecule has 0 aromatic heterocycles. The molecule has 2 N–H and O–H groups in total. The second-order valence-electron chi connectivity index (χ2n) is 5.73. The molecule has 1 aliphatic heterocycles. The monoisotopic (exact) mass is 334 g/mol. The lowest BCUT2D eigenvalue weighted by atomic mass is 10.2. The van der Waals surface area contributed by atoms with Gasteiger partial charge in [-0.15, -0.1) is 0 Å². The van der Waals surface area contributed by atoms with Crippen molar-refractivity contribution >= 4 is 23.3 Å². The van der Waals surface area contributed by atoms with Crippen molar-refractivity contribution in [3.05, 3.63) is 34.4 Å². The third-order valence-electron chi connectivity index (χ3n) is 3.90. The number of carbonyl (C=O) groups excluding carboxylic acids is 2. The lowest BCUT2D eigenvalue weighted by molar-refractivity contribution is -0.384. The Kier molecular flexibility index (Phi) is 6.53. The summed E-state index contributed by atoms with van der Waals surface area (Å²) < 4.78 is 0. The average molecular weight is 334 g/mol. The first-order valence-electron chi connectivity index (χ1n) is 8.13. The molecule has 0 saturated carbocycles. The summed E-state index contributed by atoms with van der Waals surface area (Å²) in [6.45, 7) is 1.91. The Morgan fingerprint density at radius 1 is 1.21 bits per heavy atom. The highest BCUT2D eigenvalue weighted by atomic mass is 16.6. The van der Waals surface area contributed by atoms with Gasteiger partial charge >= 0.3 is 6.03 Å². The van der Waals surface area contributed by atoms with Crippen molar-refractivity contribution in [1.82, 2.24) is 10.2 Å². The van der Waals surface area contributed by atoms with Crippen LogP contribution in [0.3, 0.4) is 0 Å². The number of rotatable bonds is 6. The number of non-ortho nitro benzene ring substituents is 1. The van der Waals surface area contributed by atoms with Gasteiger partial charge in [-0.3, -0.25) is 14.9 Å². The van der Waals surface area contributed by atoms with Crippen molar-refractivity contribution in [3.8, 4) is 0 Å². The molecular formula is C16H22N4O4. The van der Waals surface area contributed by atoms with Crippen LogP contribution in [-0.4, -0.2) is 41.4 Å². The highest BCUT2D eigenvalue weighted by Gasteiger charge is 2.15. The molecule has 3 amide bonds. The normalized spacial score (nSPS) is 14.8. The van der Waals surface area contributed by atoms with E-state index in [0.717, 1.165) is 25.8 Å². The van der Waals surface area contributed by atoms with Gasteiger partial charge in [-0.05, 0) is 31.4 Å². The Labute approximate surface area is 140 Å². The molecule has 8 heteroatoms. The quantitative estimate of drug-likeness (QED) is 0.474. The number of nitro groups is 1. The van der Waals surface area contributed by atoms with E-state index in [1.54, 1.807) is 0 Å². The number of likely N-dealkylation sites (tertiary alicyclic amines) is 1. The van der Waals surface area contributed by atoms with E-state index in [9.17, 15) is 19.7 Å². The largest absolute Gasteiger partial charge is 0.343 e. The number of nitro benzene ring substituents is 1. The second-order valence-corrected chi connectivity index (χ2v) is 5.73. The number of amides is 3. The van der Waals surface area contributed by atoms with E-state index >= 15 is 0 Å². The molecule has 0 spiro atoms. The smallest absolute Gasteiger partial charge is 0.319 e. The zero-order valence-electron chi connectivity index (χ0n) is 13.5. The zero-order valence-corrected chi connectivity index (χ0v) is 13.5. The fraction of sp³-hybridized carbons (Fsp3) is 0.500. The minimum Gasteiger partial charge on any atom is -0.343 e. The van der Waals surface area contributed by atoms with Crippen LogP contribution in [0.5, 0.6) is 0 Å². The molecule has 0 unspecified atom stereocenters. The van der Waals surface area contributed by atoms with E-state index in [-0.39, 0.29) is 17.6 Å². The van der Waals surface area contributed by atoms with Gasteiger partial charge < -0.3 is 15.5 Å². The van der Waals surface area contributed by atoms with Gasteiger partial charge in [0.25, 0.3) is 5.69 Å². The molecule has 1 aromatic carbocycles. The van der Waals surface area contributed by atoms with E-state index in [1.807, 2.05) is 4.90 Å². The fourth-order valence-corrected chi connectivity index (χ4v) is 2.59. The molecule has 0 atom stereocenters. The van der Waals surface area contributed by atoms with Crippen LogP contribution >= 0.6 is 0 Å². The average Bonchev–Trinajstić information content (AvgIpc) is 2.76. The fourth-order valence-electron chi connectivity index (χ4n) is 2.59. The number of hydrogen-bond acceptors (Lipinski definition) is 4. The summed E-state index contributed by atoms with van der Waals surface area (Å²) in [6.07, 6.45) is 4.41. The second kappa shape index (κ2) is 8.85. The van der Waals surface area contributed by atoms with Gasteiger partial charge in [-0.25, -0.2) is 4.79 Å². The summed E-state index contributed by atoms with van der Waals surface area (Å²) in [5, 5.41) is 15.9. The maximum Gasteiger partial charge on any atom is 0.319 e. The molecule has 0 radical (unpaired) electrons. The van der Waals surface area contributed by atoms with Crippen molar-refractivity contribution < 1.29 is 14.5 Å². The van der Waals surface area contributed by atoms with E-state index in [0.29, 0.717) is 31.6 Å². The number of nitrogens with one attached hydrogen (secondary N) is 2. The van der Waals surface area contributed by atoms with Crippen LogP contribution in [0.15, 0.2) is 24.3 Å². The maximum absolute atomic E-state index is 11.8. The molecule has 24 heavy (non-hydrogen) atoms. The number of nitrogens with zero attached hydrogens (tertiary/aromatic N) is 2. The predicted molar refractivity (Wildman–Crippen MR) is 89.8 cm³/mol. The summed E-state index contributed by atoms with van der Waals surface area (Å²) in [4.78, 5) is 35.5. The van der Waals surface area contributed by atoms with Crippen LogP contribution in [0.2, 0.25) is 0 Å². The number of urea groups is 1. The molecule has 1 heterocycles. The maximum atomic E-state index is 11.8. The Morgan fingerprint density at radius 3 is 2.67 bits per heavy atom. The van der Waals surface area contributed by atoms with Crippen molar-refractivity contribution in [2.45, 2.75) is 32.1 Å². The SMILES string of the molecule is O=C(NCCCN1CCCCCC1=O)Nc1ccc([N+](=O)[O-])cc1. The van der Waals surface area contributed by atoms with Crippen LogP contribution in [0, 0.1) is 10.1 Å². The lowest BCUT2D eigenvalue weighted by Crippen LogP contribution is -2.35. The van der Waals surface area contributed by atoms with Crippen LogP contribution in [0.1, 0.15) is 32.1 Å². The molecular weight excluding hydrogens is 312 g/mol. The summed E-state index contributed by atoms with van der Waals surface area (Å²) in [5.74, 6) is 0.197. The summed E-state index contributed by atoms with van der Waals surface area (Å²) in [7, 11) is 0. The molecule has 1 fully saturated rings. The molecule has 1 aromatic rings. The molecule has 1 aliphatic rings. The highest BCUT2D eigenvalue weighted by Crippen LogP contribution is 2.15. The Hall–Kier alpha value is -2.64. The molecule has 0 bridgehead atoms. The van der Waals surface area contributed by atoms with Gasteiger partial charge in [0.2, 0.25) is 5.91 Å². The molecule has 130 valence electrons. The van der Waals surface area contributed by atoms with E-state index in [4.69, 9.17) is 0 Å². The zero-order chi connectivity index (χ0) is 17.4. The number of hydrogen-bond donors (Lipinski definition) is 2. The summed E-state index contributed by atoms with van der Waals surface area (Å²) in [6, 6.07) is 5.26. The standard InChI is InChI=1S/C16H22N4O4/c21-15-5-2-1-3-11-19(15)12-4-10-17-16(22)18-13-6-8-14(9-7-13)20(23)24/h6-9H,1-5,10-12H2,(H2,17,18,22). The Bertz CT molecular complexity index is 588. The number of benzene rings is 1.